The van der Waals surface area contributed by atoms with Crippen molar-refractivity contribution in [2.75, 3.05) is 39.5 Å². The van der Waals surface area contributed by atoms with Crippen LogP contribution in [0.3, 0.4) is 0 Å². The standard InChI is InChI=1S/C18H27NO5/c1-13-7-19(8-14(2)23-13)9-15(20)10-21-11-16-12-22-17-5-3-4-6-18(17)24-16/h3-6,13-16,20H,7-12H2,1-2H3/t13-,14-,15-,16+/m0/s1. The third-order valence-electron chi connectivity index (χ3n) is 4.15. The van der Waals surface area contributed by atoms with Crippen molar-refractivity contribution in [1.82, 2.24) is 4.90 Å². The third-order valence-corrected chi connectivity index (χ3v) is 4.15. The van der Waals surface area contributed by atoms with Crippen LogP contribution < -0.4 is 9.47 Å². The van der Waals surface area contributed by atoms with E-state index in [0.29, 0.717) is 26.4 Å². The van der Waals surface area contributed by atoms with E-state index in [1.165, 1.54) is 0 Å². The summed E-state index contributed by atoms with van der Waals surface area (Å²) >= 11 is 0. The van der Waals surface area contributed by atoms with Crippen molar-refractivity contribution in [2.24, 2.45) is 0 Å². The predicted octanol–water partition coefficient (Wildman–Crippen LogP) is 1.31. The fourth-order valence-electron chi connectivity index (χ4n) is 3.26. The van der Waals surface area contributed by atoms with Crippen LogP contribution in [0.25, 0.3) is 0 Å². The van der Waals surface area contributed by atoms with Gasteiger partial charge in [-0.3, -0.25) is 4.90 Å². The molecule has 1 aromatic carbocycles. The Morgan fingerprint density at radius 1 is 1.21 bits per heavy atom. The quantitative estimate of drug-likeness (QED) is 0.845. The Hall–Kier alpha value is -1.34. The molecular weight excluding hydrogens is 310 g/mol. The van der Waals surface area contributed by atoms with Crippen molar-refractivity contribution in [3.8, 4) is 11.5 Å². The fourth-order valence-corrected chi connectivity index (χ4v) is 3.26. The van der Waals surface area contributed by atoms with Crippen molar-refractivity contribution in [3.05, 3.63) is 24.3 Å². The average molecular weight is 337 g/mol. The molecule has 0 radical (unpaired) electrons. The largest absolute Gasteiger partial charge is 0.486 e. The van der Waals surface area contributed by atoms with Gasteiger partial charge in [-0.25, -0.2) is 0 Å². The minimum Gasteiger partial charge on any atom is -0.486 e. The molecular formula is C18H27NO5. The number of rotatable bonds is 6. The first-order valence-electron chi connectivity index (χ1n) is 8.62. The Kier molecular flexibility index (Phi) is 5.94. The van der Waals surface area contributed by atoms with Crippen molar-refractivity contribution >= 4 is 0 Å². The lowest BCUT2D eigenvalue weighted by atomic mass is 10.2. The van der Waals surface area contributed by atoms with Gasteiger partial charge in [-0.1, -0.05) is 12.1 Å². The highest BCUT2D eigenvalue weighted by Gasteiger charge is 2.25. The molecule has 1 saturated heterocycles. The second-order valence-electron chi connectivity index (χ2n) is 6.66. The smallest absolute Gasteiger partial charge is 0.161 e. The Labute approximate surface area is 143 Å². The van der Waals surface area contributed by atoms with Crippen LogP contribution in [-0.4, -0.2) is 73.9 Å². The number of aliphatic hydroxyl groups is 1. The molecule has 2 aliphatic rings. The van der Waals surface area contributed by atoms with Crippen LogP contribution in [0.1, 0.15) is 13.8 Å². The van der Waals surface area contributed by atoms with E-state index in [-0.39, 0.29) is 18.3 Å². The summed E-state index contributed by atoms with van der Waals surface area (Å²) in [5, 5.41) is 10.2. The van der Waals surface area contributed by atoms with Crippen LogP contribution in [0.15, 0.2) is 24.3 Å². The first-order valence-corrected chi connectivity index (χ1v) is 8.62. The maximum atomic E-state index is 10.2. The molecule has 24 heavy (non-hydrogen) atoms. The molecule has 0 bridgehead atoms. The second kappa shape index (κ2) is 8.16. The molecule has 6 heteroatoms. The topological polar surface area (TPSA) is 60.4 Å². The van der Waals surface area contributed by atoms with E-state index in [0.717, 1.165) is 24.6 Å². The van der Waals surface area contributed by atoms with Crippen LogP contribution in [-0.2, 0) is 9.47 Å². The number of para-hydroxylation sites is 2. The molecule has 6 nitrogen and oxygen atoms in total. The van der Waals surface area contributed by atoms with E-state index in [1.54, 1.807) is 0 Å². The van der Waals surface area contributed by atoms with Gasteiger partial charge in [0.25, 0.3) is 0 Å². The summed E-state index contributed by atoms with van der Waals surface area (Å²) in [6, 6.07) is 7.61. The summed E-state index contributed by atoms with van der Waals surface area (Å²) in [4.78, 5) is 2.23. The van der Waals surface area contributed by atoms with Gasteiger partial charge >= 0.3 is 0 Å². The normalized spacial score (nSPS) is 28.5. The monoisotopic (exact) mass is 337 g/mol. The Morgan fingerprint density at radius 3 is 2.67 bits per heavy atom. The number of morpholine rings is 1. The molecule has 4 atom stereocenters. The average Bonchev–Trinajstić information content (AvgIpc) is 2.53. The van der Waals surface area contributed by atoms with Crippen molar-refractivity contribution < 1.29 is 24.1 Å². The molecule has 1 fully saturated rings. The van der Waals surface area contributed by atoms with Crippen molar-refractivity contribution in [3.63, 3.8) is 0 Å². The lowest BCUT2D eigenvalue weighted by Gasteiger charge is -2.36. The SMILES string of the molecule is C[C@H]1CN(C[C@H](O)COC[C@@H]2COc3ccccc3O2)C[C@H](C)O1. The molecule has 0 amide bonds. The van der Waals surface area contributed by atoms with Crippen molar-refractivity contribution in [2.45, 2.75) is 38.3 Å². The van der Waals surface area contributed by atoms with E-state index in [2.05, 4.69) is 18.7 Å². The van der Waals surface area contributed by atoms with Crippen LogP contribution >= 0.6 is 0 Å². The molecule has 0 unspecified atom stereocenters. The van der Waals surface area contributed by atoms with Gasteiger partial charge in [-0.05, 0) is 26.0 Å². The molecule has 3 rings (SSSR count). The summed E-state index contributed by atoms with van der Waals surface area (Å²) in [6.07, 6.45) is -0.251. The summed E-state index contributed by atoms with van der Waals surface area (Å²) in [5.41, 5.74) is 0. The van der Waals surface area contributed by atoms with Gasteiger partial charge in [0.2, 0.25) is 0 Å². The van der Waals surface area contributed by atoms with Gasteiger partial charge < -0.3 is 24.1 Å². The van der Waals surface area contributed by atoms with Crippen LogP contribution in [0.2, 0.25) is 0 Å². The molecule has 0 spiro atoms. The van der Waals surface area contributed by atoms with E-state index in [4.69, 9.17) is 18.9 Å². The molecule has 1 aromatic rings. The molecule has 134 valence electrons. The number of fused-ring (bicyclic) bond motifs is 1. The summed E-state index contributed by atoms with van der Waals surface area (Å²) < 4.78 is 22.8. The molecule has 0 aromatic heterocycles. The lowest BCUT2D eigenvalue weighted by molar-refractivity contribution is -0.0848. The lowest BCUT2D eigenvalue weighted by Crippen LogP contribution is -2.48. The number of β-amino-alcohol motifs (C(OH)–C–C–N with tert-alkyl or cyclic N) is 1. The molecule has 2 heterocycles. The Morgan fingerprint density at radius 2 is 1.92 bits per heavy atom. The fraction of sp³-hybridized carbons (Fsp3) is 0.667. The minimum atomic E-state index is -0.515. The molecule has 1 N–H and O–H groups in total. The zero-order valence-electron chi connectivity index (χ0n) is 14.4. The highest BCUT2D eigenvalue weighted by Crippen LogP contribution is 2.30. The number of nitrogens with zero attached hydrogens (tertiary/aromatic N) is 1. The first-order chi connectivity index (χ1) is 11.6. The molecule has 0 aliphatic carbocycles. The van der Waals surface area contributed by atoms with Gasteiger partial charge in [0.05, 0.1) is 31.5 Å². The molecule has 0 saturated carbocycles. The maximum Gasteiger partial charge on any atom is 0.161 e. The Balaban J connectivity index is 1.36. The van der Waals surface area contributed by atoms with E-state index in [1.807, 2.05) is 24.3 Å². The number of benzene rings is 1. The van der Waals surface area contributed by atoms with Gasteiger partial charge in [-0.15, -0.1) is 0 Å². The third kappa shape index (κ3) is 4.83. The summed E-state index contributed by atoms with van der Waals surface area (Å²) in [6.45, 7) is 7.57. The van der Waals surface area contributed by atoms with E-state index in [9.17, 15) is 5.11 Å². The highest BCUT2D eigenvalue weighted by molar-refractivity contribution is 5.40. The van der Waals surface area contributed by atoms with Crippen LogP contribution in [0.4, 0.5) is 0 Å². The number of hydrogen-bond acceptors (Lipinski definition) is 6. The van der Waals surface area contributed by atoms with Gasteiger partial charge in [-0.2, -0.15) is 0 Å². The van der Waals surface area contributed by atoms with Crippen LogP contribution in [0.5, 0.6) is 11.5 Å². The Bertz CT molecular complexity index is 516. The van der Waals surface area contributed by atoms with Crippen LogP contribution in [0, 0.1) is 0 Å². The predicted molar refractivity (Wildman–Crippen MR) is 89.6 cm³/mol. The number of hydrogen-bond donors (Lipinski definition) is 1. The van der Waals surface area contributed by atoms with Crippen molar-refractivity contribution in [1.29, 1.82) is 0 Å². The highest BCUT2D eigenvalue weighted by atomic mass is 16.6. The first kappa shape index (κ1) is 17.5. The van der Waals surface area contributed by atoms with E-state index >= 15 is 0 Å². The maximum absolute atomic E-state index is 10.2. The van der Waals surface area contributed by atoms with E-state index < -0.39 is 6.10 Å². The summed E-state index contributed by atoms with van der Waals surface area (Å²) in [7, 11) is 0. The zero-order valence-corrected chi connectivity index (χ0v) is 14.4. The second-order valence-corrected chi connectivity index (χ2v) is 6.66. The molecule has 2 aliphatic heterocycles. The van der Waals surface area contributed by atoms with Gasteiger partial charge in [0.1, 0.15) is 6.61 Å². The zero-order chi connectivity index (χ0) is 16.9. The number of ether oxygens (including phenoxy) is 4. The van der Waals surface area contributed by atoms with Gasteiger partial charge in [0, 0.05) is 19.6 Å². The minimum absolute atomic E-state index is 0.143. The summed E-state index contributed by atoms with van der Waals surface area (Å²) in [5.74, 6) is 1.51. The number of aliphatic hydroxyl groups excluding tert-OH is 1. The van der Waals surface area contributed by atoms with Gasteiger partial charge in [0.15, 0.2) is 17.6 Å².